The summed E-state index contributed by atoms with van der Waals surface area (Å²) in [6, 6.07) is 6.33. The number of halogens is 1. The molecule has 0 saturated heterocycles. The summed E-state index contributed by atoms with van der Waals surface area (Å²) >= 11 is 0. The van der Waals surface area contributed by atoms with Gasteiger partial charge in [0.15, 0.2) is 0 Å². The van der Waals surface area contributed by atoms with Gasteiger partial charge < -0.3 is 4.74 Å². The molecule has 11 heteroatoms. The third-order valence-electron chi connectivity index (χ3n) is 5.39. The van der Waals surface area contributed by atoms with Crippen LogP contribution in [-0.4, -0.2) is 30.9 Å². The molecule has 0 aliphatic heterocycles. The number of hydrogen-bond acceptors (Lipinski definition) is 6. The Balaban J connectivity index is 2.06. The lowest BCUT2D eigenvalue weighted by Gasteiger charge is -2.18. The van der Waals surface area contributed by atoms with Gasteiger partial charge >= 0.3 is 16.9 Å². The number of aromatic nitrogens is 4. The molecule has 2 heterocycles. The Bertz CT molecular complexity index is 1320. The summed E-state index contributed by atoms with van der Waals surface area (Å²) in [6.07, 6.45) is 6.31. The van der Waals surface area contributed by atoms with Gasteiger partial charge in [0, 0.05) is 31.0 Å². The Morgan fingerprint density at radius 2 is 2.00 bits per heavy atom. The number of hydrogen-bond donors (Lipinski definition) is 0. The van der Waals surface area contributed by atoms with Gasteiger partial charge in [-0.15, -0.1) is 0 Å². The van der Waals surface area contributed by atoms with Crippen molar-refractivity contribution in [1.82, 2.24) is 18.9 Å². The second kappa shape index (κ2) is 10.8. The molecule has 2 aromatic heterocycles. The molecule has 3 aromatic rings. The van der Waals surface area contributed by atoms with E-state index in [1.165, 1.54) is 36.2 Å². The average molecular weight is 471 g/mol. The predicted octanol–water partition coefficient (Wildman–Crippen LogP) is 3.44. The molecule has 1 aromatic carbocycles. The van der Waals surface area contributed by atoms with Gasteiger partial charge in [-0.1, -0.05) is 31.5 Å². The van der Waals surface area contributed by atoms with E-state index in [-0.39, 0.29) is 24.6 Å². The number of unbranched alkanes of at least 4 members (excludes halogenated alkanes) is 1. The Morgan fingerprint density at radius 3 is 2.65 bits per heavy atom. The number of ether oxygens (including phenoxy) is 1. The van der Waals surface area contributed by atoms with Crippen LogP contribution >= 0.6 is 0 Å². The van der Waals surface area contributed by atoms with Gasteiger partial charge in [-0.2, -0.15) is 5.10 Å². The zero-order valence-electron chi connectivity index (χ0n) is 19.2. The maximum absolute atomic E-state index is 13.9. The number of benzene rings is 1. The van der Waals surface area contributed by atoms with Crippen LogP contribution in [0.2, 0.25) is 0 Å². The van der Waals surface area contributed by atoms with Crippen LogP contribution in [0, 0.1) is 15.9 Å². The van der Waals surface area contributed by atoms with E-state index in [9.17, 15) is 24.1 Å². The standard InChI is InChI=1S/C23H26FN5O5/c1-4-5-12-27-22(30)21(29(32)33)20(28(23(27)31)16(2)34-3)11-10-17-13-25-26(14-17)15-18-8-6-7-9-19(18)24/h6-11,13-14,16H,4-5,12,15H2,1-3H3. The molecule has 0 amide bonds. The third-order valence-corrected chi connectivity index (χ3v) is 5.39. The summed E-state index contributed by atoms with van der Waals surface area (Å²) < 4.78 is 22.7. The Hall–Kier alpha value is -3.86. The highest BCUT2D eigenvalue weighted by molar-refractivity contribution is 5.71. The van der Waals surface area contributed by atoms with E-state index in [0.29, 0.717) is 24.0 Å². The van der Waals surface area contributed by atoms with E-state index < -0.39 is 28.1 Å². The summed E-state index contributed by atoms with van der Waals surface area (Å²) in [5, 5.41) is 16.0. The molecule has 0 spiro atoms. The van der Waals surface area contributed by atoms with Crippen molar-refractivity contribution in [2.75, 3.05) is 7.11 Å². The van der Waals surface area contributed by atoms with Crippen LogP contribution in [0.5, 0.6) is 0 Å². The molecule has 34 heavy (non-hydrogen) atoms. The minimum atomic E-state index is -0.960. The van der Waals surface area contributed by atoms with Crippen LogP contribution in [-0.2, 0) is 17.8 Å². The highest BCUT2D eigenvalue weighted by atomic mass is 19.1. The first-order chi connectivity index (χ1) is 16.3. The number of methoxy groups -OCH3 is 1. The van der Waals surface area contributed by atoms with Gasteiger partial charge in [0.25, 0.3) is 0 Å². The monoisotopic (exact) mass is 471 g/mol. The zero-order valence-corrected chi connectivity index (χ0v) is 19.2. The molecule has 0 aliphatic rings. The van der Waals surface area contributed by atoms with Crippen molar-refractivity contribution in [2.45, 2.75) is 46.0 Å². The molecular weight excluding hydrogens is 445 g/mol. The first-order valence-electron chi connectivity index (χ1n) is 10.8. The Kier molecular flexibility index (Phi) is 7.90. The van der Waals surface area contributed by atoms with E-state index in [1.807, 2.05) is 6.92 Å². The van der Waals surface area contributed by atoms with Crippen LogP contribution in [0.25, 0.3) is 12.2 Å². The van der Waals surface area contributed by atoms with E-state index in [1.54, 1.807) is 31.3 Å². The van der Waals surface area contributed by atoms with Gasteiger partial charge in [-0.05, 0) is 31.6 Å². The SMILES string of the molecule is CCCCn1c(=O)c([N+](=O)[O-])c(C=Cc2cnn(Cc3ccccc3F)c2)n(C(C)OC)c1=O. The number of rotatable bonds is 10. The smallest absolute Gasteiger partial charge is 0.357 e. The average Bonchev–Trinajstić information content (AvgIpc) is 3.25. The second-order valence-corrected chi connectivity index (χ2v) is 7.68. The topological polar surface area (TPSA) is 114 Å². The molecule has 0 bridgehead atoms. The van der Waals surface area contributed by atoms with Gasteiger partial charge in [0.05, 0.1) is 17.7 Å². The van der Waals surface area contributed by atoms with Crippen molar-refractivity contribution >= 4 is 17.8 Å². The molecule has 0 aliphatic carbocycles. The molecular formula is C23H26FN5O5. The molecule has 1 unspecified atom stereocenters. The summed E-state index contributed by atoms with van der Waals surface area (Å²) in [5.74, 6) is -0.355. The minimum absolute atomic E-state index is 0.0677. The fourth-order valence-electron chi connectivity index (χ4n) is 3.50. The predicted molar refractivity (Wildman–Crippen MR) is 125 cm³/mol. The van der Waals surface area contributed by atoms with Gasteiger partial charge in [0.1, 0.15) is 17.7 Å². The minimum Gasteiger partial charge on any atom is -0.361 e. The summed E-state index contributed by atoms with van der Waals surface area (Å²) in [4.78, 5) is 37.0. The first-order valence-corrected chi connectivity index (χ1v) is 10.8. The van der Waals surface area contributed by atoms with Gasteiger partial charge in [0.2, 0.25) is 0 Å². The van der Waals surface area contributed by atoms with Crippen molar-refractivity contribution in [3.05, 3.63) is 90.2 Å². The summed E-state index contributed by atoms with van der Waals surface area (Å²) in [7, 11) is 1.37. The third kappa shape index (κ3) is 5.20. The number of nitro groups is 1. The maximum Gasteiger partial charge on any atom is 0.357 e. The molecule has 0 radical (unpaired) electrons. The van der Waals surface area contributed by atoms with E-state index in [2.05, 4.69) is 5.10 Å². The number of nitrogens with zero attached hydrogens (tertiary/aromatic N) is 5. The Labute approximate surface area is 194 Å². The lowest BCUT2D eigenvalue weighted by Crippen LogP contribution is -2.43. The van der Waals surface area contributed by atoms with Crippen LogP contribution in [0.3, 0.4) is 0 Å². The van der Waals surface area contributed by atoms with E-state index in [0.717, 1.165) is 9.13 Å². The molecule has 3 rings (SSSR count). The van der Waals surface area contributed by atoms with Crippen LogP contribution in [0.4, 0.5) is 10.1 Å². The first kappa shape index (κ1) is 24.8. The van der Waals surface area contributed by atoms with Crippen LogP contribution < -0.4 is 11.2 Å². The van der Waals surface area contributed by atoms with Crippen molar-refractivity contribution < 1.29 is 14.1 Å². The quantitative estimate of drug-likeness (QED) is 0.331. The maximum atomic E-state index is 13.9. The molecule has 0 saturated carbocycles. The second-order valence-electron chi connectivity index (χ2n) is 7.68. The van der Waals surface area contributed by atoms with Crippen molar-refractivity contribution in [1.29, 1.82) is 0 Å². The molecule has 1 atom stereocenters. The Morgan fingerprint density at radius 1 is 1.26 bits per heavy atom. The van der Waals surface area contributed by atoms with Gasteiger partial charge in [-0.3, -0.25) is 28.7 Å². The molecule has 0 fully saturated rings. The van der Waals surface area contributed by atoms with Crippen LogP contribution in [0.1, 0.15) is 49.7 Å². The zero-order chi connectivity index (χ0) is 24.8. The van der Waals surface area contributed by atoms with E-state index >= 15 is 0 Å². The fourth-order valence-corrected chi connectivity index (χ4v) is 3.50. The normalized spacial score (nSPS) is 12.4. The van der Waals surface area contributed by atoms with Crippen molar-refractivity contribution in [3.63, 3.8) is 0 Å². The van der Waals surface area contributed by atoms with Gasteiger partial charge in [-0.25, -0.2) is 9.18 Å². The highest BCUT2D eigenvalue weighted by Gasteiger charge is 2.28. The van der Waals surface area contributed by atoms with Crippen molar-refractivity contribution in [2.24, 2.45) is 0 Å². The van der Waals surface area contributed by atoms with Crippen LogP contribution in [0.15, 0.2) is 46.2 Å². The van der Waals surface area contributed by atoms with E-state index in [4.69, 9.17) is 4.74 Å². The lowest BCUT2D eigenvalue weighted by molar-refractivity contribution is -0.387. The largest absolute Gasteiger partial charge is 0.361 e. The summed E-state index contributed by atoms with van der Waals surface area (Å²) in [6.45, 7) is 3.71. The summed E-state index contributed by atoms with van der Waals surface area (Å²) in [5.41, 5.74) is -1.54. The highest BCUT2D eigenvalue weighted by Crippen LogP contribution is 2.20. The molecule has 180 valence electrons. The lowest BCUT2D eigenvalue weighted by atomic mass is 10.2. The van der Waals surface area contributed by atoms with Crippen molar-refractivity contribution in [3.8, 4) is 0 Å². The fraction of sp³-hybridized carbons (Fsp3) is 0.348. The molecule has 10 nitrogen and oxygen atoms in total. The molecule has 0 N–H and O–H groups in total.